The maximum atomic E-state index is 15.4. The van der Waals surface area contributed by atoms with Gasteiger partial charge in [0.2, 0.25) is 17.7 Å². The molecule has 1 saturated carbocycles. The number of benzene rings is 5. The van der Waals surface area contributed by atoms with Crippen molar-refractivity contribution in [1.29, 1.82) is 0 Å². The van der Waals surface area contributed by atoms with Crippen LogP contribution in [-0.4, -0.2) is 45.8 Å². The number of halogens is 2. The summed E-state index contributed by atoms with van der Waals surface area (Å²) in [5.41, 5.74) is 6.08. The number of carbonyl (C=O) groups is 4. The predicted octanol–water partition coefficient (Wildman–Crippen LogP) is 8.71. The SMILES string of the molecule is COc1ccc([C@@]23C(=O)N(Nc4ccc(Cl)cc4Cl)C(=O)[C@@H]2C[C@@H]2C(=CC[C@@H]4C(=O)N(c5ccc(-c6nc7ccccc7o6)cc5)C(=O)[C@@H]42)[C@@H]3c2cccc(O)c2)cc1. The first kappa shape index (κ1) is 36.9. The van der Waals surface area contributed by atoms with Gasteiger partial charge in [-0.2, -0.15) is 5.01 Å². The highest BCUT2D eigenvalue weighted by atomic mass is 35.5. The van der Waals surface area contributed by atoms with Gasteiger partial charge in [-0.15, -0.1) is 0 Å². The number of hydrogen-bond acceptors (Lipinski definition) is 9. The van der Waals surface area contributed by atoms with Gasteiger partial charge in [-0.3, -0.25) is 29.5 Å². The van der Waals surface area contributed by atoms with Gasteiger partial charge < -0.3 is 14.3 Å². The van der Waals surface area contributed by atoms with E-state index < -0.39 is 46.8 Å². The summed E-state index contributed by atoms with van der Waals surface area (Å²) >= 11 is 12.8. The molecule has 5 aromatic carbocycles. The van der Waals surface area contributed by atoms with Gasteiger partial charge in [0.15, 0.2) is 5.58 Å². The minimum Gasteiger partial charge on any atom is -0.508 e. The van der Waals surface area contributed by atoms with Gasteiger partial charge >= 0.3 is 0 Å². The summed E-state index contributed by atoms with van der Waals surface area (Å²) in [5, 5.41) is 12.5. The van der Waals surface area contributed by atoms with E-state index in [0.717, 1.165) is 10.6 Å². The summed E-state index contributed by atoms with van der Waals surface area (Å²) in [6, 6.07) is 32.8. The van der Waals surface area contributed by atoms with Crippen molar-refractivity contribution < 1.29 is 33.4 Å². The lowest BCUT2D eigenvalue weighted by molar-refractivity contribution is -0.138. The molecular weight excluding hydrogens is 791 g/mol. The van der Waals surface area contributed by atoms with Crippen LogP contribution in [0.4, 0.5) is 11.4 Å². The predicted molar refractivity (Wildman–Crippen MR) is 221 cm³/mol. The molecule has 2 aliphatic heterocycles. The molecule has 10 rings (SSSR count). The molecule has 2 aliphatic carbocycles. The molecule has 4 amide bonds. The van der Waals surface area contributed by atoms with Crippen molar-refractivity contribution in [3.05, 3.63) is 148 Å². The van der Waals surface area contributed by atoms with Crippen molar-refractivity contribution in [3.8, 4) is 23.0 Å². The summed E-state index contributed by atoms with van der Waals surface area (Å²) in [5.74, 6) is -4.78. The number of hydrogen-bond donors (Lipinski definition) is 2. The number of nitrogens with zero attached hydrogens (tertiary/aromatic N) is 3. The number of allylic oxidation sites excluding steroid dienone is 2. The second-order valence-electron chi connectivity index (χ2n) is 15.4. The number of amides is 4. The zero-order valence-electron chi connectivity index (χ0n) is 31.3. The number of phenolic OH excluding ortho intramolecular Hbond substituents is 1. The lowest BCUT2D eigenvalue weighted by Gasteiger charge is -2.50. The standard InChI is InChI=1S/C46H34Cl2N4O7/c1-58-30-16-11-26(12-17-30)46-34(43(55)52(45(46)57)50-36-20-13-27(47)22-35(36)48)23-33-31(40(46)25-5-4-6-29(53)21-25)18-19-32-39(33)44(56)51(42(32)54)28-14-9-24(10-15-28)41-49-37-7-2-3-8-38(37)59-41/h2-18,20-22,32-34,39-40,50,53H,19,23H2,1H3/t32-,33+,34-,39-,40-,46+/m0/s1. The third-order valence-corrected chi connectivity index (χ3v) is 13.0. The van der Waals surface area contributed by atoms with Crippen LogP contribution in [0.1, 0.15) is 29.9 Å². The Morgan fingerprint density at radius 2 is 1.63 bits per heavy atom. The maximum absolute atomic E-state index is 15.4. The smallest absolute Gasteiger partial charge is 0.260 e. The molecule has 13 heteroatoms. The van der Waals surface area contributed by atoms with Crippen molar-refractivity contribution in [2.45, 2.75) is 24.2 Å². The van der Waals surface area contributed by atoms with Crippen LogP contribution in [0, 0.1) is 23.7 Å². The minimum atomic E-state index is -1.55. The number of aromatic hydroxyl groups is 1. The van der Waals surface area contributed by atoms with E-state index in [1.165, 1.54) is 17.0 Å². The third-order valence-electron chi connectivity index (χ3n) is 12.5. The fraction of sp³-hybridized carbons (Fsp3) is 0.196. The van der Waals surface area contributed by atoms with Crippen LogP contribution in [0.3, 0.4) is 0 Å². The number of phenols is 1. The lowest BCUT2D eigenvalue weighted by Crippen LogP contribution is -2.53. The lowest BCUT2D eigenvalue weighted by atomic mass is 9.49. The highest BCUT2D eigenvalue weighted by Crippen LogP contribution is 2.64. The molecule has 6 aromatic rings. The molecule has 11 nitrogen and oxygen atoms in total. The number of para-hydroxylation sites is 2. The number of aromatic nitrogens is 1. The normalized spacial score (nSPS) is 24.9. The molecule has 2 saturated heterocycles. The fourth-order valence-electron chi connectivity index (χ4n) is 9.93. The maximum Gasteiger partial charge on any atom is 0.260 e. The van der Waals surface area contributed by atoms with E-state index in [2.05, 4.69) is 10.4 Å². The highest BCUT2D eigenvalue weighted by molar-refractivity contribution is 6.36. The number of methoxy groups -OCH3 is 1. The molecule has 294 valence electrons. The molecule has 3 fully saturated rings. The van der Waals surface area contributed by atoms with E-state index in [9.17, 15) is 19.5 Å². The molecular formula is C46H34Cl2N4O7. The first-order chi connectivity index (χ1) is 28.6. The zero-order chi connectivity index (χ0) is 40.7. The van der Waals surface area contributed by atoms with E-state index in [1.54, 1.807) is 79.9 Å². The zero-order valence-corrected chi connectivity index (χ0v) is 32.9. The van der Waals surface area contributed by atoms with Gasteiger partial charge in [-0.25, -0.2) is 4.98 Å². The average molecular weight is 826 g/mol. The Morgan fingerprint density at radius 3 is 2.36 bits per heavy atom. The van der Waals surface area contributed by atoms with Crippen LogP contribution >= 0.6 is 23.2 Å². The van der Waals surface area contributed by atoms with Crippen molar-refractivity contribution in [3.63, 3.8) is 0 Å². The highest BCUT2D eigenvalue weighted by Gasteiger charge is 2.70. The summed E-state index contributed by atoms with van der Waals surface area (Å²) in [4.78, 5) is 65.4. The van der Waals surface area contributed by atoms with Crippen LogP contribution in [0.5, 0.6) is 11.5 Å². The summed E-state index contributed by atoms with van der Waals surface area (Å²) in [6.45, 7) is 0. The van der Waals surface area contributed by atoms with E-state index in [0.29, 0.717) is 55.8 Å². The molecule has 4 aliphatic rings. The molecule has 0 bridgehead atoms. The third kappa shape index (κ3) is 5.59. The number of fused-ring (bicyclic) bond motifs is 5. The topological polar surface area (TPSA) is 142 Å². The monoisotopic (exact) mass is 824 g/mol. The van der Waals surface area contributed by atoms with E-state index in [1.807, 2.05) is 36.4 Å². The number of rotatable bonds is 7. The van der Waals surface area contributed by atoms with Gasteiger partial charge in [0.05, 0.1) is 46.7 Å². The molecule has 0 unspecified atom stereocenters. The molecule has 59 heavy (non-hydrogen) atoms. The van der Waals surface area contributed by atoms with Gasteiger partial charge in [-0.05, 0) is 109 Å². The van der Waals surface area contributed by atoms with E-state index >= 15 is 4.79 Å². The Morgan fingerprint density at radius 1 is 0.847 bits per heavy atom. The second kappa shape index (κ2) is 13.9. The molecule has 0 spiro atoms. The molecule has 3 heterocycles. The Bertz CT molecular complexity index is 2740. The molecule has 0 radical (unpaired) electrons. The summed E-state index contributed by atoms with van der Waals surface area (Å²) in [6.07, 6.45) is 2.30. The number of hydrazine groups is 1. The Balaban J connectivity index is 1.08. The van der Waals surface area contributed by atoms with Crippen LogP contribution in [0.2, 0.25) is 10.0 Å². The number of nitrogens with one attached hydrogen (secondary N) is 1. The van der Waals surface area contributed by atoms with E-state index in [-0.39, 0.29) is 35.4 Å². The van der Waals surface area contributed by atoms with Gasteiger partial charge in [-0.1, -0.05) is 71.2 Å². The van der Waals surface area contributed by atoms with Gasteiger partial charge in [0.1, 0.15) is 17.0 Å². The molecule has 6 atom stereocenters. The van der Waals surface area contributed by atoms with Crippen molar-refractivity contribution >= 4 is 69.3 Å². The number of oxazole rings is 1. The number of carbonyl (C=O) groups excluding carboxylic acids is 4. The molecule has 2 N–H and O–H groups in total. The van der Waals surface area contributed by atoms with Crippen molar-refractivity contribution in [1.82, 2.24) is 9.99 Å². The quantitative estimate of drug-likeness (QED) is 0.119. The first-order valence-corrected chi connectivity index (χ1v) is 19.9. The summed E-state index contributed by atoms with van der Waals surface area (Å²) < 4.78 is 11.4. The summed E-state index contributed by atoms with van der Waals surface area (Å²) in [7, 11) is 1.54. The van der Waals surface area contributed by atoms with Gasteiger partial charge in [0.25, 0.3) is 11.8 Å². The van der Waals surface area contributed by atoms with Crippen LogP contribution in [0.25, 0.3) is 22.6 Å². The molecule has 1 aromatic heterocycles. The van der Waals surface area contributed by atoms with Gasteiger partial charge in [0, 0.05) is 16.5 Å². The average Bonchev–Trinajstić information content (AvgIpc) is 3.86. The van der Waals surface area contributed by atoms with Crippen LogP contribution in [-0.2, 0) is 24.6 Å². The Labute approximate surface area is 347 Å². The van der Waals surface area contributed by atoms with E-state index in [4.69, 9.17) is 32.4 Å². The largest absolute Gasteiger partial charge is 0.508 e. The second-order valence-corrected chi connectivity index (χ2v) is 16.2. The first-order valence-electron chi connectivity index (χ1n) is 19.2. The van der Waals surface area contributed by atoms with Crippen LogP contribution in [0.15, 0.2) is 131 Å². The van der Waals surface area contributed by atoms with Crippen molar-refractivity contribution in [2.24, 2.45) is 23.7 Å². The number of imide groups is 2. The Hall–Kier alpha value is -6.43. The Kier molecular flexibility index (Phi) is 8.66. The fourth-order valence-corrected chi connectivity index (χ4v) is 10.4. The van der Waals surface area contributed by atoms with Crippen molar-refractivity contribution in [2.75, 3.05) is 17.4 Å². The number of anilines is 2. The van der Waals surface area contributed by atoms with Crippen LogP contribution < -0.4 is 15.1 Å². The minimum absolute atomic E-state index is 0.0281. The number of ether oxygens (including phenoxy) is 1.